The SMILES string of the molecule is Cc1nc2nc(SC(C)C)nn2c(C)c1C. The van der Waals surface area contributed by atoms with Gasteiger partial charge in [-0.2, -0.15) is 4.98 Å². The molecule has 0 spiro atoms. The van der Waals surface area contributed by atoms with Crippen LogP contribution in [0.4, 0.5) is 0 Å². The van der Waals surface area contributed by atoms with Crippen LogP contribution in [0.15, 0.2) is 5.16 Å². The highest BCUT2D eigenvalue weighted by molar-refractivity contribution is 7.99. The summed E-state index contributed by atoms with van der Waals surface area (Å²) >= 11 is 1.66. The maximum atomic E-state index is 4.46. The number of aryl methyl sites for hydroxylation is 2. The molecule has 0 aromatic carbocycles. The number of nitrogens with zero attached hydrogens (tertiary/aromatic N) is 4. The second-order valence-electron chi connectivity index (χ2n) is 4.18. The number of aromatic nitrogens is 4. The van der Waals surface area contributed by atoms with Crippen LogP contribution in [-0.2, 0) is 0 Å². The second-order valence-corrected chi connectivity index (χ2v) is 5.72. The van der Waals surface area contributed by atoms with Gasteiger partial charge in [0, 0.05) is 16.6 Å². The van der Waals surface area contributed by atoms with Gasteiger partial charge in [-0.25, -0.2) is 9.50 Å². The molecule has 0 saturated heterocycles. The summed E-state index contributed by atoms with van der Waals surface area (Å²) in [6.07, 6.45) is 0. The molecule has 5 heteroatoms. The van der Waals surface area contributed by atoms with Crippen molar-refractivity contribution in [3.8, 4) is 0 Å². The van der Waals surface area contributed by atoms with Crippen LogP contribution in [0.3, 0.4) is 0 Å². The number of hydrogen-bond donors (Lipinski definition) is 0. The van der Waals surface area contributed by atoms with Crippen LogP contribution in [0.5, 0.6) is 0 Å². The summed E-state index contributed by atoms with van der Waals surface area (Å²) in [7, 11) is 0. The Kier molecular flexibility index (Phi) is 2.88. The molecule has 0 radical (unpaired) electrons. The summed E-state index contributed by atoms with van der Waals surface area (Å²) in [5.74, 6) is 0.698. The summed E-state index contributed by atoms with van der Waals surface area (Å²) in [5.41, 5.74) is 3.32. The van der Waals surface area contributed by atoms with E-state index in [4.69, 9.17) is 0 Å². The van der Waals surface area contributed by atoms with E-state index in [1.165, 1.54) is 5.56 Å². The zero-order valence-electron chi connectivity index (χ0n) is 10.3. The molecule has 0 unspecified atom stereocenters. The second kappa shape index (κ2) is 4.05. The Bertz CT molecular complexity index is 530. The molecular formula is C11H16N4S. The molecular weight excluding hydrogens is 220 g/mol. The third-order valence-corrected chi connectivity index (χ3v) is 3.44. The van der Waals surface area contributed by atoms with Crippen LogP contribution in [0.25, 0.3) is 5.78 Å². The molecule has 0 aliphatic carbocycles. The van der Waals surface area contributed by atoms with Crippen molar-refractivity contribution in [2.24, 2.45) is 0 Å². The lowest BCUT2D eigenvalue weighted by atomic mass is 10.2. The Morgan fingerprint density at radius 3 is 2.44 bits per heavy atom. The average Bonchev–Trinajstić information content (AvgIpc) is 2.56. The van der Waals surface area contributed by atoms with E-state index in [1.54, 1.807) is 11.8 Å². The molecule has 0 aliphatic rings. The van der Waals surface area contributed by atoms with E-state index in [-0.39, 0.29) is 0 Å². The molecule has 2 aromatic rings. The van der Waals surface area contributed by atoms with Gasteiger partial charge in [0.2, 0.25) is 5.16 Å². The molecule has 0 fully saturated rings. The minimum atomic E-state index is 0.486. The monoisotopic (exact) mass is 236 g/mol. The van der Waals surface area contributed by atoms with Gasteiger partial charge in [-0.05, 0) is 26.3 Å². The first kappa shape index (κ1) is 11.4. The largest absolute Gasteiger partial charge is 0.253 e. The standard InChI is InChI=1S/C11H16N4S/c1-6(2)16-11-13-10-12-8(4)7(3)9(5)15(10)14-11/h6H,1-5H3. The molecule has 2 rings (SSSR count). The molecule has 86 valence electrons. The minimum Gasteiger partial charge on any atom is -0.216 e. The molecule has 0 amide bonds. The third-order valence-electron chi connectivity index (χ3n) is 2.58. The van der Waals surface area contributed by atoms with Crippen LogP contribution in [0.1, 0.15) is 30.8 Å². The van der Waals surface area contributed by atoms with Crippen LogP contribution < -0.4 is 0 Å². The average molecular weight is 236 g/mol. The van der Waals surface area contributed by atoms with E-state index in [2.05, 4.69) is 42.8 Å². The maximum Gasteiger partial charge on any atom is 0.253 e. The Morgan fingerprint density at radius 1 is 1.12 bits per heavy atom. The van der Waals surface area contributed by atoms with E-state index >= 15 is 0 Å². The smallest absolute Gasteiger partial charge is 0.216 e. The molecule has 2 aromatic heterocycles. The van der Waals surface area contributed by atoms with Crippen molar-refractivity contribution in [3.05, 3.63) is 17.0 Å². The number of hydrogen-bond acceptors (Lipinski definition) is 4. The Morgan fingerprint density at radius 2 is 1.81 bits per heavy atom. The first-order valence-corrected chi connectivity index (χ1v) is 6.24. The zero-order valence-corrected chi connectivity index (χ0v) is 11.1. The molecule has 0 saturated carbocycles. The molecule has 2 heterocycles. The molecule has 0 N–H and O–H groups in total. The highest BCUT2D eigenvalue weighted by atomic mass is 32.2. The van der Waals surface area contributed by atoms with Gasteiger partial charge in [-0.15, -0.1) is 5.10 Å². The molecule has 16 heavy (non-hydrogen) atoms. The molecule has 0 atom stereocenters. The summed E-state index contributed by atoms with van der Waals surface area (Å²) < 4.78 is 1.83. The summed E-state index contributed by atoms with van der Waals surface area (Å²) in [6.45, 7) is 10.4. The van der Waals surface area contributed by atoms with E-state index in [9.17, 15) is 0 Å². The van der Waals surface area contributed by atoms with Crippen molar-refractivity contribution in [2.75, 3.05) is 0 Å². The minimum absolute atomic E-state index is 0.486. The Hall–Kier alpha value is -1.10. The van der Waals surface area contributed by atoms with E-state index in [0.717, 1.165) is 16.5 Å². The van der Waals surface area contributed by atoms with Gasteiger partial charge in [-0.1, -0.05) is 25.6 Å². The fourth-order valence-electron chi connectivity index (χ4n) is 1.50. The van der Waals surface area contributed by atoms with Gasteiger partial charge in [0.1, 0.15) is 0 Å². The lowest BCUT2D eigenvalue weighted by Crippen LogP contribution is -2.02. The predicted octanol–water partition coefficient (Wildman–Crippen LogP) is 2.55. The first-order valence-electron chi connectivity index (χ1n) is 5.36. The number of thioether (sulfide) groups is 1. The van der Waals surface area contributed by atoms with Gasteiger partial charge < -0.3 is 0 Å². The molecule has 4 nitrogen and oxygen atoms in total. The Labute approximate surface area is 99.5 Å². The summed E-state index contributed by atoms with van der Waals surface area (Å²) in [6, 6.07) is 0. The van der Waals surface area contributed by atoms with Crippen molar-refractivity contribution in [1.82, 2.24) is 19.6 Å². The van der Waals surface area contributed by atoms with Gasteiger partial charge in [0.05, 0.1) is 0 Å². The van der Waals surface area contributed by atoms with Crippen molar-refractivity contribution in [3.63, 3.8) is 0 Å². The van der Waals surface area contributed by atoms with Crippen LogP contribution in [-0.4, -0.2) is 24.8 Å². The van der Waals surface area contributed by atoms with Gasteiger partial charge in [0.15, 0.2) is 0 Å². The van der Waals surface area contributed by atoms with Crippen LogP contribution >= 0.6 is 11.8 Å². The van der Waals surface area contributed by atoms with Crippen molar-refractivity contribution < 1.29 is 0 Å². The normalized spacial score (nSPS) is 11.6. The van der Waals surface area contributed by atoms with E-state index < -0.39 is 0 Å². The van der Waals surface area contributed by atoms with Crippen LogP contribution in [0, 0.1) is 20.8 Å². The maximum absolute atomic E-state index is 4.46. The fraction of sp³-hybridized carbons (Fsp3) is 0.545. The lowest BCUT2D eigenvalue weighted by molar-refractivity contribution is 0.830. The van der Waals surface area contributed by atoms with Gasteiger partial charge >= 0.3 is 0 Å². The van der Waals surface area contributed by atoms with Gasteiger partial charge in [-0.3, -0.25) is 0 Å². The molecule has 0 aliphatic heterocycles. The highest BCUT2D eigenvalue weighted by Gasteiger charge is 2.11. The third kappa shape index (κ3) is 1.91. The Balaban J connectivity index is 2.57. The van der Waals surface area contributed by atoms with Crippen molar-refractivity contribution in [1.29, 1.82) is 0 Å². The van der Waals surface area contributed by atoms with Crippen molar-refractivity contribution >= 4 is 17.5 Å². The lowest BCUT2D eigenvalue weighted by Gasteiger charge is -2.04. The number of fused-ring (bicyclic) bond motifs is 1. The van der Waals surface area contributed by atoms with E-state index in [1.807, 2.05) is 11.4 Å². The molecule has 0 bridgehead atoms. The highest BCUT2D eigenvalue weighted by Crippen LogP contribution is 2.20. The van der Waals surface area contributed by atoms with Crippen LogP contribution in [0.2, 0.25) is 0 Å². The van der Waals surface area contributed by atoms with Gasteiger partial charge in [0.25, 0.3) is 5.78 Å². The summed E-state index contributed by atoms with van der Waals surface area (Å²) in [4.78, 5) is 8.86. The fourth-order valence-corrected chi connectivity index (χ4v) is 2.18. The number of rotatable bonds is 2. The summed E-state index contributed by atoms with van der Waals surface area (Å²) in [5, 5.41) is 5.75. The van der Waals surface area contributed by atoms with Crippen molar-refractivity contribution in [2.45, 2.75) is 45.0 Å². The predicted molar refractivity (Wildman–Crippen MR) is 66.0 cm³/mol. The topological polar surface area (TPSA) is 43.1 Å². The van der Waals surface area contributed by atoms with E-state index in [0.29, 0.717) is 11.0 Å². The first-order chi connectivity index (χ1) is 7.49. The zero-order chi connectivity index (χ0) is 11.9. The quantitative estimate of drug-likeness (QED) is 0.752.